The smallest absolute Gasteiger partial charge is 0.316 e. The number of ether oxygens (including phenoxy) is 1. The molecule has 0 amide bonds. The summed E-state index contributed by atoms with van der Waals surface area (Å²) >= 11 is 0. The Balaban J connectivity index is 3.94. The van der Waals surface area contributed by atoms with Crippen molar-refractivity contribution in [3.05, 3.63) is 0 Å². The van der Waals surface area contributed by atoms with Gasteiger partial charge >= 0.3 is 5.97 Å². The van der Waals surface area contributed by atoms with Gasteiger partial charge in [0, 0.05) is 6.42 Å². The lowest BCUT2D eigenvalue weighted by atomic mass is 9.92. The van der Waals surface area contributed by atoms with Gasteiger partial charge in [-0.1, -0.05) is 97.3 Å². The Labute approximate surface area is 167 Å². The number of aliphatic hydroxyl groups is 1. The van der Waals surface area contributed by atoms with Crippen LogP contribution in [0, 0.1) is 5.92 Å². The van der Waals surface area contributed by atoms with E-state index in [4.69, 9.17) is 4.74 Å². The van der Waals surface area contributed by atoms with E-state index in [1.54, 1.807) is 0 Å². The monoisotopic (exact) mass is 384 g/mol. The summed E-state index contributed by atoms with van der Waals surface area (Å²) in [6.07, 6.45) is 15.9. The second kappa shape index (κ2) is 18.5. The first-order chi connectivity index (χ1) is 13.1. The van der Waals surface area contributed by atoms with Gasteiger partial charge in [0.15, 0.2) is 0 Å². The third-order valence-electron chi connectivity index (χ3n) is 5.30. The van der Waals surface area contributed by atoms with Crippen molar-refractivity contribution in [2.45, 2.75) is 123 Å². The standard InChI is InChI=1S/C23H44O4/c1-4-6-8-10-11-12-13-14-15-17-20(24)19-22(25)21(23(26)27-3)18-16-9-7-5-2/h20-21,24H,4-19H2,1-3H3/t20-,21?/m0/s1. The third kappa shape index (κ3) is 14.8. The van der Waals surface area contributed by atoms with Crippen molar-refractivity contribution in [1.82, 2.24) is 0 Å². The zero-order chi connectivity index (χ0) is 20.3. The topological polar surface area (TPSA) is 63.6 Å². The van der Waals surface area contributed by atoms with Crippen LogP contribution in [0.4, 0.5) is 0 Å². The molecule has 0 aliphatic carbocycles. The molecule has 4 nitrogen and oxygen atoms in total. The summed E-state index contributed by atoms with van der Waals surface area (Å²) in [5.41, 5.74) is 0. The van der Waals surface area contributed by atoms with Crippen LogP contribution in [-0.2, 0) is 14.3 Å². The first-order valence-corrected chi connectivity index (χ1v) is 11.3. The quantitative estimate of drug-likeness (QED) is 0.169. The van der Waals surface area contributed by atoms with Crippen LogP contribution in [0.5, 0.6) is 0 Å². The number of Topliss-reactive ketones (excluding diaryl/α,β-unsaturated/α-hetero) is 1. The predicted molar refractivity (Wildman–Crippen MR) is 112 cm³/mol. The summed E-state index contributed by atoms with van der Waals surface area (Å²) in [5.74, 6) is -1.32. The highest BCUT2D eigenvalue weighted by Crippen LogP contribution is 2.18. The van der Waals surface area contributed by atoms with E-state index < -0.39 is 18.0 Å². The molecule has 1 N–H and O–H groups in total. The Hall–Kier alpha value is -0.900. The Bertz CT molecular complexity index is 367. The van der Waals surface area contributed by atoms with E-state index in [1.807, 2.05) is 0 Å². The fourth-order valence-electron chi connectivity index (χ4n) is 3.49. The summed E-state index contributed by atoms with van der Waals surface area (Å²) in [7, 11) is 1.33. The average molecular weight is 385 g/mol. The summed E-state index contributed by atoms with van der Waals surface area (Å²) in [6, 6.07) is 0. The van der Waals surface area contributed by atoms with Gasteiger partial charge in [-0.05, 0) is 12.8 Å². The molecule has 0 aromatic rings. The molecule has 0 rings (SSSR count). The van der Waals surface area contributed by atoms with Crippen LogP contribution in [-0.4, -0.2) is 30.1 Å². The van der Waals surface area contributed by atoms with E-state index >= 15 is 0 Å². The van der Waals surface area contributed by atoms with Gasteiger partial charge in [-0.3, -0.25) is 9.59 Å². The molecule has 160 valence electrons. The summed E-state index contributed by atoms with van der Waals surface area (Å²) in [6.45, 7) is 4.36. The van der Waals surface area contributed by atoms with E-state index in [2.05, 4.69) is 13.8 Å². The number of hydrogen-bond acceptors (Lipinski definition) is 4. The molecule has 0 heterocycles. The molecule has 27 heavy (non-hydrogen) atoms. The van der Waals surface area contributed by atoms with Crippen LogP contribution < -0.4 is 0 Å². The molecule has 0 spiro atoms. The number of ketones is 1. The maximum atomic E-state index is 12.4. The van der Waals surface area contributed by atoms with E-state index in [1.165, 1.54) is 52.1 Å². The number of rotatable bonds is 19. The first kappa shape index (κ1) is 26.1. The Morgan fingerprint density at radius 1 is 0.741 bits per heavy atom. The molecule has 0 aliphatic rings. The van der Waals surface area contributed by atoms with Gasteiger partial charge in [-0.15, -0.1) is 0 Å². The third-order valence-corrected chi connectivity index (χ3v) is 5.30. The maximum Gasteiger partial charge on any atom is 0.316 e. The molecule has 0 bridgehead atoms. The Morgan fingerprint density at radius 3 is 1.70 bits per heavy atom. The number of esters is 1. The number of carbonyl (C=O) groups is 2. The molecule has 4 heteroatoms. The largest absolute Gasteiger partial charge is 0.468 e. The number of carbonyl (C=O) groups excluding carboxylic acids is 2. The lowest BCUT2D eigenvalue weighted by Crippen LogP contribution is -2.28. The molecule has 0 saturated carbocycles. The second-order valence-electron chi connectivity index (χ2n) is 7.87. The zero-order valence-corrected chi connectivity index (χ0v) is 18.1. The lowest BCUT2D eigenvalue weighted by molar-refractivity contribution is -0.150. The van der Waals surface area contributed by atoms with E-state index in [-0.39, 0.29) is 12.2 Å². The van der Waals surface area contributed by atoms with E-state index in [0.29, 0.717) is 12.8 Å². The van der Waals surface area contributed by atoms with Crippen molar-refractivity contribution in [3.8, 4) is 0 Å². The van der Waals surface area contributed by atoms with Crippen LogP contribution in [0.15, 0.2) is 0 Å². The second-order valence-corrected chi connectivity index (χ2v) is 7.87. The number of methoxy groups -OCH3 is 1. The van der Waals surface area contributed by atoms with Crippen molar-refractivity contribution in [3.63, 3.8) is 0 Å². The van der Waals surface area contributed by atoms with Crippen LogP contribution in [0.25, 0.3) is 0 Å². The van der Waals surface area contributed by atoms with Gasteiger partial charge in [-0.2, -0.15) is 0 Å². The van der Waals surface area contributed by atoms with Gasteiger partial charge in [0.25, 0.3) is 0 Å². The summed E-state index contributed by atoms with van der Waals surface area (Å²) in [5, 5.41) is 10.2. The number of aliphatic hydroxyl groups excluding tert-OH is 1. The Morgan fingerprint density at radius 2 is 1.19 bits per heavy atom. The molecule has 1 unspecified atom stereocenters. The minimum atomic E-state index is -0.704. The molecule has 0 saturated heterocycles. The number of unbranched alkanes of at least 4 members (excludes halogenated alkanes) is 11. The van der Waals surface area contributed by atoms with Crippen molar-refractivity contribution >= 4 is 11.8 Å². The molecule has 0 fully saturated rings. The van der Waals surface area contributed by atoms with Gasteiger partial charge in [0.1, 0.15) is 11.7 Å². The minimum absolute atomic E-state index is 0.0740. The highest BCUT2D eigenvalue weighted by Gasteiger charge is 2.28. The van der Waals surface area contributed by atoms with Gasteiger partial charge in [0.2, 0.25) is 0 Å². The van der Waals surface area contributed by atoms with Crippen molar-refractivity contribution < 1.29 is 19.4 Å². The summed E-state index contributed by atoms with van der Waals surface area (Å²) in [4.78, 5) is 24.3. The van der Waals surface area contributed by atoms with Gasteiger partial charge in [-0.25, -0.2) is 0 Å². The molecular formula is C23H44O4. The Kier molecular flexibility index (Phi) is 17.8. The molecule has 0 aliphatic heterocycles. The first-order valence-electron chi connectivity index (χ1n) is 11.3. The molecule has 2 atom stereocenters. The van der Waals surface area contributed by atoms with Crippen LogP contribution in [0.2, 0.25) is 0 Å². The lowest BCUT2D eigenvalue weighted by Gasteiger charge is -2.16. The number of hydrogen-bond donors (Lipinski definition) is 1. The normalized spacial score (nSPS) is 13.3. The molecule has 0 aromatic heterocycles. The molecular weight excluding hydrogens is 340 g/mol. The van der Waals surface area contributed by atoms with Gasteiger partial charge < -0.3 is 9.84 Å². The SMILES string of the molecule is CCCCCCCCCCC[C@H](O)CC(=O)C(CCCCCC)C(=O)OC. The van der Waals surface area contributed by atoms with Crippen LogP contribution >= 0.6 is 0 Å². The summed E-state index contributed by atoms with van der Waals surface area (Å²) < 4.78 is 4.79. The minimum Gasteiger partial charge on any atom is -0.468 e. The highest BCUT2D eigenvalue weighted by atomic mass is 16.5. The van der Waals surface area contributed by atoms with Crippen molar-refractivity contribution in [2.24, 2.45) is 5.92 Å². The molecule has 0 radical (unpaired) electrons. The maximum absolute atomic E-state index is 12.4. The van der Waals surface area contributed by atoms with Crippen molar-refractivity contribution in [2.75, 3.05) is 7.11 Å². The fraction of sp³-hybridized carbons (Fsp3) is 0.913. The van der Waals surface area contributed by atoms with Crippen molar-refractivity contribution in [1.29, 1.82) is 0 Å². The van der Waals surface area contributed by atoms with Crippen LogP contribution in [0.3, 0.4) is 0 Å². The average Bonchev–Trinajstić information content (AvgIpc) is 2.66. The predicted octanol–water partition coefficient (Wildman–Crippen LogP) is 5.99. The van der Waals surface area contributed by atoms with E-state index in [9.17, 15) is 14.7 Å². The zero-order valence-electron chi connectivity index (χ0n) is 18.1. The molecule has 0 aromatic carbocycles. The van der Waals surface area contributed by atoms with Crippen LogP contribution in [0.1, 0.15) is 117 Å². The fourth-order valence-corrected chi connectivity index (χ4v) is 3.49. The highest BCUT2D eigenvalue weighted by molar-refractivity contribution is 5.99. The van der Waals surface area contributed by atoms with Gasteiger partial charge in [0.05, 0.1) is 13.2 Å². The van der Waals surface area contributed by atoms with E-state index in [0.717, 1.165) is 38.5 Å².